The van der Waals surface area contributed by atoms with E-state index in [0.29, 0.717) is 17.8 Å². The maximum atomic E-state index is 11.1. The molecule has 0 aliphatic carbocycles. The number of hydrogen-bond donors (Lipinski definition) is 1. The summed E-state index contributed by atoms with van der Waals surface area (Å²) in [4.78, 5) is 23.2. The maximum absolute atomic E-state index is 11.1. The number of ether oxygens (including phenoxy) is 1. The molecule has 0 unspecified atom stereocenters. The van der Waals surface area contributed by atoms with Crippen LogP contribution in [0.4, 0.5) is 5.13 Å². The first kappa shape index (κ1) is 15.7. The van der Waals surface area contributed by atoms with Crippen molar-refractivity contribution in [3.05, 3.63) is 40.7 Å². The lowest BCUT2D eigenvalue weighted by Crippen LogP contribution is -2.31. The zero-order valence-electron chi connectivity index (χ0n) is 13.8. The Balaban J connectivity index is 1.50. The van der Waals surface area contributed by atoms with E-state index in [-0.39, 0.29) is 11.5 Å². The largest absolute Gasteiger partial charge is 0.364 e. The monoisotopic (exact) mass is 344 g/mol. The molecule has 1 amide bonds. The molecule has 1 fully saturated rings. The molecule has 2 aliphatic heterocycles. The molecule has 4 heterocycles. The van der Waals surface area contributed by atoms with E-state index < -0.39 is 0 Å². The summed E-state index contributed by atoms with van der Waals surface area (Å²) in [6, 6.07) is 2.52. The molecule has 0 aromatic carbocycles. The molecule has 4 rings (SSSR count). The molecule has 0 saturated carbocycles. The van der Waals surface area contributed by atoms with Gasteiger partial charge < -0.3 is 10.1 Å². The van der Waals surface area contributed by atoms with Crippen molar-refractivity contribution in [3.63, 3.8) is 0 Å². The van der Waals surface area contributed by atoms with Gasteiger partial charge in [-0.15, -0.1) is 11.3 Å². The molecule has 0 bridgehead atoms. The van der Waals surface area contributed by atoms with Crippen LogP contribution in [0.3, 0.4) is 0 Å². The Labute approximate surface area is 144 Å². The van der Waals surface area contributed by atoms with E-state index in [1.807, 2.05) is 18.6 Å². The molecule has 1 saturated heterocycles. The van der Waals surface area contributed by atoms with E-state index in [9.17, 15) is 4.79 Å². The van der Waals surface area contributed by atoms with Gasteiger partial charge in [-0.2, -0.15) is 0 Å². The summed E-state index contributed by atoms with van der Waals surface area (Å²) in [6.07, 6.45) is 6.61. The van der Waals surface area contributed by atoms with Crippen molar-refractivity contribution in [2.75, 3.05) is 11.9 Å². The first-order valence-corrected chi connectivity index (χ1v) is 8.91. The number of nitrogens with one attached hydrogen (secondary N) is 1. The van der Waals surface area contributed by atoms with Gasteiger partial charge in [0.1, 0.15) is 5.60 Å². The summed E-state index contributed by atoms with van der Waals surface area (Å²) in [5.41, 5.74) is 2.29. The van der Waals surface area contributed by atoms with Crippen molar-refractivity contribution < 1.29 is 9.53 Å². The second-order valence-electron chi connectivity index (χ2n) is 6.59. The standard InChI is InChI=1S/C17H20N4O2S/c1-11-5-17(15-3-4-18-6-13(15)9-23-17)10-21(11)8-14-7-19-16(24-14)20-12(2)22/h3-4,6-7,11H,5,8-10H2,1-2H3,(H,19,20,22)/t11-,17+/m0/s1. The Hall–Kier alpha value is -1.83. The van der Waals surface area contributed by atoms with Gasteiger partial charge in [-0.25, -0.2) is 4.98 Å². The van der Waals surface area contributed by atoms with Gasteiger partial charge in [-0.05, 0) is 25.0 Å². The molecule has 0 radical (unpaired) electrons. The fourth-order valence-corrected chi connectivity index (χ4v) is 4.62. The average molecular weight is 344 g/mol. The SMILES string of the molecule is CC(=O)Nc1ncc(CN2C[C@@]3(C[C@@H]2C)OCc2cnccc23)s1. The molecule has 126 valence electrons. The summed E-state index contributed by atoms with van der Waals surface area (Å²) < 4.78 is 6.22. The van der Waals surface area contributed by atoms with Crippen molar-refractivity contribution in [1.82, 2.24) is 14.9 Å². The number of aromatic nitrogens is 2. The number of anilines is 1. The Kier molecular flexibility index (Phi) is 3.86. The average Bonchev–Trinajstić information content (AvgIpc) is 3.21. The predicted molar refractivity (Wildman–Crippen MR) is 91.6 cm³/mol. The van der Waals surface area contributed by atoms with Crippen LogP contribution in [0.25, 0.3) is 0 Å². The third-order valence-electron chi connectivity index (χ3n) is 4.80. The molecule has 2 aromatic rings. The quantitative estimate of drug-likeness (QED) is 0.927. The normalized spacial score (nSPS) is 26.0. The number of carbonyl (C=O) groups is 1. The van der Waals surface area contributed by atoms with Gasteiger partial charge in [0, 0.05) is 55.1 Å². The fourth-order valence-electron chi connectivity index (χ4n) is 3.74. The summed E-state index contributed by atoms with van der Waals surface area (Å²) in [6.45, 7) is 6.09. The Morgan fingerprint density at radius 3 is 3.25 bits per heavy atom. The van der Waals surface area contributed by atoms with Crippen LogP contribution in [0.2, 0.25) is 0 Å². The van der Waals surface area contributed by atoms with Crippen LogP contribution in [-0.4, -0.2) is 33.4 Å². The lowest BCUT2D eigenvalue weighted by molar-refractivity contribution is -0.114. The van der Waals surface area contributed by atoms with Crippen molar-refractivity contribution in [2.45, 2.75) is 45.1 Å². The van der Waals surface area contributed by atoms with Gasteiger partial charge in [-0.3, -0.25) is 14.7 Å². The smallest absolute Gasteiger partial charge is 0.223 e. The minimum Gasteiger partial charge on any atom is -0.364 e. The fraction of sp³-hybridized carbons (Fsp3) is 0.471. The highest BCUT2D eigenvalue weighted by atomic mass is 32.1. The first-order valence-electron chi connectivity index (χ1n) is 8.09. The minimum atomic E-state index is -0.206. The molecule has 7 heteroatoms. The zero-order valence-corrected chi connectivity index (χ0v) is 14.6. The molecule has 1 N–H and O–H groups in total. The lowest BCUT2D eigenvalue weighted by Gasteiger charge is -2.24. The number of pyridine rings is 1. The molecule has 2 aromatic heterocycles. The molecule has 24 heavy (non-hydrogen) atoms. The number of nitrogens with zero attached hydrogens (tertiary/aromatic N) is 3. The first-order chi connectivity index (χ1) is 11.6. The van der Waals surface area contributed by atoms with Gasteiger partial charge in [0.05, 0.1) is 6.61 Å². The second kappa shape index (κ2) is 5.91. The van der Waals surface area contributed by atoms with E-state index >= 15 is 0 Å². The number of likely N-dealkylation sites (tertiary alicyclic amines) is 1. The summed E-state index contributed by atoms with van der Waals surface area (Å²) in [5.74, 6) is -0.0889. The van der Waals surface area contributed by atoms with Gasteiger partial charge in [0.15, 0.2) is 5.13 Å². The van der Waals surface area contributed by atoms with Crippen molar-refractivity contribution in [3.8, 4) is 0 Å². The van der Waals surface area contributed by atoms with E-state index in [0.717, 1.165) is 24.4 Å². The van der Waals surface area contributed by atoms with Crippen LogP contribution >= 0.6 is 11.3 Å². The van der Waals surface area contributed by atoms with Crippen LogP contribution in [0.15, 0.2) is 24.7 Å². The third-order valence-corrected chi connectivity index (χ3v) is 5.70. The minimum absolute atomic E-state index is 0.0889. The number of fused-ring (bicyclic) bond motifs is 2. The van der Waals surface area contributed by atoms with Crippen molar-refractivity contribution in [1.29, 1.82) is 0 Å². The van der Waals surface area contributed by atoms with Crippen LogP contribution in [0.5, 0.6) is 0 Å². The maximum Gasteiger partial charge on any atom is 0.223 e. The van der Waals surface area contributed by atoms with Gasteiger partial charge in [-0.1, -0.05) is 0 Å². The van der Waals surface area contributed by atoms with Crippen molar-refractivity contribution in [2.24, 2.45) is 0 Å². The number of thiazole rings is 1. The van der Waals surface area contributed by atoms with Crippen LogP contribution in [0, 0.1) is 0 Å². The Morgan fingerprint density at radius 2 is 2.42 bits per heavy atom. The molecular formula is C17H20N4O2S. The number of carbonyl (C=O) groups excluding carboxylic acids is 1. The summed E-state index contributed by atoms with van der Waals surface area (Å²) >= 11 is 1.53. The number of hydrogen-bond acceptors (Lipinski definition) is 6. The highest BCUT2D eigenvalue weighted by Crippen LogP contribution is 2.45. The van der Waals surface area contributed by atoms with Crippen LogP contribution in [0.1, 0.15) is 36.3 Å². The summed E-state index contributed by atoms with van der Waals surface area (Å²) in [7, 11) is 0. The third kappa shape index (κ3) is 2.72. The topological polar surface area (TPSA) is 67.4 Å². The second-order valence-corrected chi connectivity index (χ2v) is 7.70. The molecule has 6 nitrogen and oxygen atoms in total. The van der Waals surface area contributed by atoms with E-state index in [1.165, 1.54) is 29.4 Å². The predicted octanol–water partition coefficient (Wildman–Crippen LogP) is 2.52. The van der Waals surface area contributed by atoms with E-state index in [1.54, 1.807) is 0 Å². The summed E-state index contributed by atoms with van der Waals surface area (Å²) in [5, 5.41) is 3.40. The van der Waals surface area contributed by atoms with E-state index in [4.69, 9.17) is 4.74 Å². The van der Waals surface area contributed by atoms with Crippen LogP contribution in [-0.2, 0) is 28.3 Å². The Bertz CT molecular complexity index is 777. The molecule has 2 atom stereocenters. The van der Waals surface area contributed by atoms with E-state index in [2.05, 4.69) is 33.2 Å². The van der Waals surface area contributed by atoms with Crippen LogP contribution < -0.4 is 5.32 Å². The number of amides is 1. The molecular weight excluding hydrogens is 324 g/mol. The van der Waals surface area contributed by atoms with Gasteiger partial charge in [0.2, 0.25) is 5.91 Å². The van der Waals surface area contributed by atoms with Crippen molar-refractivity contribution >= 4 is 22.4 Å². The van der Waals surface area contributed by atoms with Gasteiger partial charge in [0.25, 0.3) is 0 Å². The number of rotatable bonds is 3. The highest BCUT2D eigenvalue weighted by molar-refractivity contribution is 7.15. The lowest BCUT2D eigenvalue weighted by atomic mass is 9.91. The highest BCUT2D eigenvalue weighted by Gasteiger charge is 2.48. The Morgan fingerprint density at radius 1 is 1.54 bits per heavy atom. The zero-order chi connectivity index (χ0) is 16.7. The van der Waals surface area contributed by atoms with Gasteiger partial charge >= 0.3 is 0 Å². The molecule has 1 spiro atoms. The molecule has 2 aliphatic rings.